The van der Waals surface area contributed by atoms with Gasteiger partial charge in [0.15, 0.2) is 0 Å². The Bertz CT molecular complexity index is 299. The van der Waals surface area contributed by atoms with Crippen LogP contribution in [0.3, 0.4) is 0 Å². The molecule has 1 aromatic carbocycles. The molecule has 64 valence electrons. The molecule has 0 aliphatic rings. The van der Waals surface area contributed by atoms with Crippen LogP contribution in [-0.2, 0) is 0 Å². The molecular weight excluding hydrogens is 174 g/mol. The molecule has 3 N–H and O–H groups in total. The molecule has 0 heterocycles. The molecule has 1 aromatic rings. The van der Waals surface area contributed by atoms with E-state index < -0.39 is 0 Å². The number of benzene rings is 1. The largest absolute Gasteiger partial charge is 0.506 e. The summed E-state index contributed by atoms with van der Waals surface area (Å²) in [6.07, 6.45) is 1.61. The highest BCUT2D eigenvalue weighted by atomic mass is 35.5. The van der Waals surface area contributed by atoms with Gasteiger partial charge in [-0.15, -0.1) is 6.58 Å². The molecule has 0 radical (unpaired) electrons. The molecule has 0 aliphatic carbocycles. The van der Waals surface area contributed by atoms with Gasteiger partial charge in [0.1, 0.15) is 5.75 Å². The number of phenols is 1. The Hall–Kier alpha value is -0.990. The summed E-state index contributed by atoms with van der Waals surface area (Å²) < 4.78 is 0. The lowest BCUT2D eigenvalue weighted by atomic mass is 10.1. The van der Waals surface area contributed by atoms with E-state index in [4.69, 9.17) is 22.4 Å². The SMILES string of the molecule is C=CC(N)c1ccc(O)c(Cl)c1. The van der Waals surface area contributed by atoms with Crippen molar-refractivity contribution in [2.45, 2.75) is 6.04 Å². The lowest BCUT2D eigenvalue weighted by molar-refractivity contribution is 0.475. The van der Waals surface area contributed by atoms with Gasteiger partial charge < -0.3 is 10.8 Å². The van der Waals surface area contributed by atoms with E-state index >= 15 is 0 Å². The Morgan fingerprint density at radius 1 is 1.58 bits per heavy atom. The second-order valence-corrected chi connectivity index (χ2v) is 2.88. The number of hydrogen-bond acceptors (Lipinski definition) is 2. The van der Waals surface area contributed by atoms with Crippen LogP contribution in [-0.4, -0.2) is 5.11 Å². The summed E-state index contributed by atoms with van der Waals surface area (Å²) in [6, 6.07) is 4.63. The van der Waals surface area contributed by atoms with Crippen LogP contribution in [0.4, 0.5) is 0 Å². The van der Waals surface area contributed by atoms with Crippen molar-refractivity contribution in [3.8, 4) is 5.75 Å². The number of aromatic hydroxyl groups is 1. The third-order valence-electron chi connectivity index (χ3n) is 1.61. The van der Waals surface area contributed by atoms with E-state index in [1.54, 1.807) is 18.2 Å². The van der Waals surface area contributed by atoms with Crippen molar-refractivity contribution in [3.63, 3.8) is 0 Å². The van der Waals surface area contributed by atoms with E-state index in [0.29, 0.717) is 5.02 Å². The van der Waals surface area contributed by atoms with Gasteiger partial charge in [-0.2, -0.15) is 0 Å². The summed E-state index contributed by atoms with van der Waals surface area (Å²) in [5.74, 6) is 0.0664. The Labute approximate surface area is 76.3 Å². The average molecular weight is 184 g/mol. The highest BCUT2D eigenvalue weighted by Gasteiger charge is 2.03. The fraction of sp³-hybridized carbons (Fsp3) is 0.111. The summed E-state index contributed by atoms with van der Waals surface area (Å²) in [7, 11) is 0. The van der Waals surface area contributed by atoms with E-state index in [1.807, 2.05) is 0 Å². The quantitative estimate of drug-likeness (QED) is 0.691. The van der Waals surface area contributed by atoms with Crippen molar-refractivity contribution >= 4 is 11.6 Å². The van der Waals surface area contributed by atoms with E-state index in [0.717, 1.165) is 5.56 Å². The van der Waals surface area contributed by atoms with Gasteiger partial charge >= 0.3 is 0 Å². The smallest absolute Gasteiger partial charge is 0.134 e. The maximum Gasteiger partial charge on any atom is 0.134 e. The Morgan fingerprint density at radius 2 is 2.25 bits per heavy atom. The minimum Gasteiger partial charge on any atom is -0.506 e. The zero-order valence-corrected chi connectivity index (χ0v) is 7.25. The lowest BCUT2D eigenvalue weighted by Crippen LogP contribution is -2.05. The Kier molecular flexibility index (Phi) is 2.74. The highest BCUT2D eigenvalue weighted by molar-refractivity contribution is 6.32. The topological polar surface area (TPSA) is 46.2 Å². The van der Waals surface area contributed by atoms with Crippen molar-refractivity contribution in [1.29, 1.82) is 0 Å². The van der Waals surface area contributed by atoms with Crippen molar-refractivity contribution in [2.24, 2.45) is 5.73 Å². The van der Waals surface area contributed by atoms with Gasteiger partial charge in [0.05, 0.1) is 5.02 Å². The van der Waals surface area contributed by atoms with Crippen LogP contribution >= 0.6 is 11.6 Å². The van der Waals surface area contributed by atoms with Gasteiger partial charge in [-0.25, -0.2) is 0 Å². The van der Waals surface area contributed by atoms with Crippen LogP contribution in [0.2, 0.25) is 5.02 Å². The second kappa shape index (κ2) is 3.61. The van der Waals surface area contributed by atoms with E-state index in [-0.39, 0.29) is 11.8 Å². The molecule has 1 rings (SSSR count). The molecule has 0 fully saturated rings. The zero-order valence-electron chi connectivity index (χ0n) is 6.50. The number of nitrogens with two attached hydrogens (primary N) is 1. The summed E-state index contributed by atoms with van der Waals surface area (Å²) in [5, 5.41) is 9.41. The van der Waals surface area contributed by atoms with Gasteiger partial charge in [0, 0.05) is 6.04 Å². The minimum atomic E-state index is -0.233. The van der Waals surface area contributed by atoms with Gasteiger partial charge in [0.2, 0.25) is 0 Å². The summed E-state index contributed by atoms with van der Waals surface area (Å²) in [5.41, 5.74) is 6.50. The van der Waals surface area contributed by atoms with Crippen molar-refractivity contribution in [2.75, 3.05) is 0 Å². The molecule has 0 saturated carbocycles. The molecule has 0 aromatic heterocycles. The normalized spacial score (nSPS) is 12.5. The Morgan fingerprint density at radius 3 is 2.75 bits per heavy atom. The third-order valence-corrected chi connectivity index (χ3v) is 1.91. The van der Waals surface area contributed by atoms with Crippen LogP contribution in [0.15, 0.2) is 30.9 Å². The second-order valence-electron chi connectivity index (χ2n) is 2.47. The maximum atomic E-state index is 9.10. The Balaban J connectivity index is 3.04. The molecule has 0 spiro atoms. The summed E-state index contributed by atoms with van der Waals surface area (Å²) in [6.45, 7) is 3.56. The summed E-state index contributed by atoms with van der Waals surface area (Å²) in [4.78, 5) is 0. The molecule has 1 unspecified atom stereocenters. The number of rotatable bonds is 2. The summed E-state index contributed by atoms with van der Waals surface area (Å²) >= 11 is 5.68. The lowest BCUT2D eigenvalue weighted by Gasteiger charge is -2.06. The fourth-order valence-electron chi connectivity index (χ4n) is 0.867. The first-order valence-corrected chi connectivity index (χ1v) is 3.89. The fourth-order valence-corrected chi connectivity index (χ4v) is 1.06. The van der Waals surface area contributed by atoms with E-state index in [9.17, 15) is 0 Å². The third kappa shape index (κ3) is 1.78. The molecule has 0 bridgehead atoms. The van der Waals surface area contributed by atoms with Crippen LogP contribution < -0.4 is 5.73 Å². The van der Waals surface area contributed by atoms with Crippen LogP contribution in [0.25, 0.3) is 0 Å². The molecule has 1 atom stereocenters. The maximum absolute atomic E-state index is 9.10. The van der Waals surface area contributed by atoms with E-state index in [1.165, 1.54) is 6.07 Å². The molecule has 12 heavy (non-hydrogen) atoms. The predicted octanol–water partition coefficient (Wildman–Crippen LogP) is 2.23. The number of halogens is 1. The van der Waals surface area contributed by atoms with E-state index in [2.05, 4.69) is 6.58 Å². The van der Waals surface area contributed by atoms with Crippen molar-refractivity contribution in [3.05, 3.63) is 41.4 Å². The van der Waals surface area contributed by atoms with Crippen LogP contribution in [0, 0.1) is 0 Å². The molecule has 0 saturated heterocycles. The van der Waals surface area contributed by atoms with Gasteiger partial charge in [-0.3, -0.25) is 0 Å². The first-order chi connectivity index (χ1) is 5.65. The zero-order chi connectivity index (χ0) is 9.14. The van der Waals surface area contributed by atoms with Crippen LogP contribution in [0.1, 0.15) is 11.6 Å². The molecule has 0 aliphatic heterocycles. The number of hydrogen-bond donors (Lipinski definition) is 2. The van der Waals surface area contributed by atoms with Crippen molar-refractivity contribution < 1.29 is 5.11 Å². The highest BCUT2D eigenvalue weighted by Crippen LogP contribution is 2.25. The average Bonchev–Trinajstić information content (AvgIpc) is 2.08. The van der Waals surface area contributed by atoms with Gasteiger partial charge in [-0.05, 0) is 17.7 Å². The van der Waals surface area contributed by atoms with Crippen LogP contribution in [0.5, 0.6) is 5.75 Å². The van der Waals surface area contributed by atoms with Crippen molar-refractivity contribution in [1.82, 2.24) is 0 Å². The monoisotopic (exact) mass is 183 g/mol. The first kappa shape index (κ1) is 9.10. The van der Waals surface area contributed by atoms with Gasteiger partial charge in [0.25, 0.3) is 0 Å². The predicted molar refractivity (Wildman–Crippen MR) is 50.2 cm³/mol. The molecule has 0 amide bonds. The minimum absolute atomic E-state index is 0.0664. The molecular formula is C9H10ClNO. The standard InChI is InChI=1S/C9H10ClNO/c1-2-8(11)6-3-4-9(12)7(10)5-6/h2-5,8,12H,1,11H2. The number of phenolic OH excluding ortho intramolecular Hbond substituents is 1. The molecule has 2 nitrogen and oxygen atoms in total. The molecule has 3 heteroatoms. The first-order valence-electron chi connectivity index (χ1n) is 3.51. The van der Waals surface area contributed by atoms with Gasteiger partial charge in [-0.1, -0.05) is 23.7 Å².